The molecule has 24 atom stereocenters. The molecule has 0 saturated heterocycles. The monoisotopic (exact) mass is 1420 g/mol. The number of methoxy groups -OCH3 is 2. The van der Waals surface area contributed by atoms with Gasteiger partial charge < -0.3 is 29.5 Å². The molecule has 9 fully saturated rings. The summed E-state index contributed by atoms with van der Waals surface area (Å²) in [6.07, 6.45) is 83.6. The van der Waals surface area contributed by atoms with Gasteiger partial charge in [-0.2, -0.15) is 0 Å². The van der Waals surface area contributed by atoms with Gasteiger partial charge in [0.25, 0.3) is 0 Å². The zero-order valence-corrected chi connectivity index (χ0v) is 65.1. The number of hydrogen-bond donors (Lipinski definition) is 3. The number of ether oxygens (including phenoxy) is 3. The third-order valence-corrected chi connectivity index (χ3v) is 29.0. The first kappa shape index (κ1) is 79.9. The van der Waals surface area contributed by atoms with Gasteiger partial charge in [0.05, 0.1) is 14.2 Å². The number of aliphatic hydroxyl groups is 2. The number of carbonyl (C=O) groups excluding carboxylic acids is 1. The molecule has 2 aromatic rings. The van der Waals surface area contributed by atoms with E-state index in [0.29, 0.717) is 40.9 Å². The van der Waals surface area contributed by atoms with Gasteiger partial charge in [0.2, 0.25) is 0 Å². The van der Waals surface area contributed by atoms with Crippen molar-refractivity contribution in [3.05, 3.63) is 156 Å². The number of rotatable bonds is 25. The predicted molar refractivity (Wildman–Crippen MR) is 432 cm³/mol. The number of benzene rings is 2. The van der Waals surface area contributed by atoms with Crippen molar-refractivity contribution in [3.63, 3.8) is 0 Å². The van der Waals surface area contributed by atoms with Crippen molar-refractivity contribution >= 4 is 5.97 Å². The van der Waals surface area contributed by atoms with Crippen molar-refractivity contribution in [1.82, 2.24) is 0 Å². The molecule has 2 aromatic carbocycles. The highest BCUT2D eigenvalue weighted by Gasteiger charge is 2.59. The fraction of sp³-hybridized carbons (Fsp3) is 0.680. The maximum Gasteiger partial charge on any atom is 0.308 e. The number of phenols is 1. The van der Waals surface area contributed by atoms with Gasteiger partial charge in [-0.25, -0.2) is 0 Å². The van der Waals surface area contributed by atoms with E-state index in [1.807, 2.05) is 30.3 Å². The Hall–Kier alpha value is -5.11. The summed E-state index contributed by atoms with van der Waals surface area (Å²) in [7, 11) is 3.20. The smallest absolute Gasteiger partial charge is 0.308 e. The third-order valence-electron chi connectivity index (χ3n) is 29.0. The van der Waals surface area contributed by atoms with Gasteiger partial charge in [-0.15, -0.1) is 0 Å². The van der Waals surface area contributed by atoms with Gasteiger partial charge in [-0.05, 0) is 307 Å². The number of phenolic OH excluding ortho intramolecular Hbond substituents is 1. The standard InChI is InChI=1S/C17H20O3.C17H30.C15H18O2.C15H26.C14H18.C9H14O2.C9H12.CH4/c1-11(18)20-16-6-4-13(10-17(16)19-2)9-15-8-12-3-5-14(15)7-12;1-2-3-4-5-6-7-8-9-10-16-13-15-11-12-17(16)14-15;1-17-15-9-11(3-5-14(15)16)8-13-7-10-2-4-12(13)6-10;1-2-3-4-5-6-7-8-14-11-13-9-10-15(14)12-13;1-2-8-5-11-7-12(8)14-10-4-3-9(6-10)13(11)14;10-4-8-6-1-2-7(3-6)9(8)5-11;1-2-8-5-7-3-4-9(8)6-7;/h3-6,10,12,14-15H,7-9H2,1-2H3;11-12,15-17H,2-10,13-14H2,1H3;2-5,9-10,12-13,16H,6-8H2,1H3;9-10,13-15H,2-8,11-12H2,1H3;2-4,9-14H,5-7H2,1H3;1-2,6-11H,3-5H2;2-4,7,9H,5-6H2,1H3;1H4/b;;;;8-2+;;8-2+;/t;;;;;6?,7?,8-,9+;;. The van der Waals surface area contributed by atoms with Crippen LogP contribution < -0.4 is 14.2 Å². The van der Waals surface area contributed by atoms with E-state index in [9.17, 15) is 9.90 Å². The van der Waals surface area contributed by atoms with Gasteiger partial charge >= 0.3 is 5.97 Å². The van der Waals surface area contributed by atoms with Crippen LogP contribution in [0, 0.1) is 142 Å². The molecule has 16 aliphatic rings. The molecule has 0 heterocycles. The first-order chi connectivity index (χ1) is 50.4. The Morgan fingerprint density at radius 1 is 0.433 bits per heavy atom. The maximum atomic E-state index is 11.0. The van der Waals surface area contributed by atoms with Crippen LogP contribution in [0.4, 0.5) is 0 Å². The van der Waals surface area contributed by atoms with Gasteiger partial charge in [-0.3, -0.25) is 4.79 Å². The maximum absolute atomic E-state index is 11.0. The van der Waals surface area contributed by atoms with Crippen LogP contribution in [-0.2, 0) is 17.6 Å². The van der Waals surface area contributed by atoms with Crippen LogP contribution in [0.25, 0.3) is 0 Å². The van der Waals surface area contributed by atoms with E-state index in [1.165, 1.54) is 204 Å². The SMILES string of the molecule is C.C/C=C1\CC2C=CC1C2.C/C=C1\CC2CC1C1C3C=CC(C3)C21.CCCCCCCCC1CC2C=CC1C2.CCCCCCCCCCC1CC2C=CC1C2.COc1cc(CC2CC3C=CC2C3)ccc1O.COc1cc(CC2CC3C=CC2C3)ccc1OC(C)=O.OC[C@@H]1C2C=CC(C2)[C@@H]1CO. The van der Waals surface area contributed by atoms with E-state index in [4.69, 9.17) is 24.4 Å². The lowest BCUT2D eigenvalue weighted by Gasteiger charge is -2.33. The molecule has 0 spiro atoms. The molecule has 7 heteroatoms. The predicted octanol–water partition coefficient (Wildman–Crippen LogP) is 24.2. The minimum atomic E-state index is -0.325. The largest absolute Gasteiger partial charge is 0.504 e. The molecule has 16 bridgehead atoms. The van der Waals surface area contributed by atoms with Crippen LogP contribution in [-0.4, -0.2) is 48.7 Å². The number of aliphatic hydroxyl groups excluding tert-OH is 2. The van der Waals surface area contributed by atoms with Gasteiger partial charge in [0, 0.05) is 20.1 Å². The molecule has 3 N–H and O–H groups in total. The molecule has 0 aliphatic heterocycles. The molecule has 104 heavy (non-hydrogen) atoms. The van der Waals surface area contributed by atoms with E-state index in [2.05, 4.69) is 125 Å². The lowest BCUT2D eigenvalue weighted by Crippen LogP contribution is -2.26. The van der Waals surface area contributed by atoms with Crippen molar-refractivity contribution in [1.29, 1.82) is 0 Å². The summed E-state index contributed by atoms with van der Waals surface area (Å²) in [5.41, 5.74) is 5.99. The summed E-state index contributed by atoms with van der Waals surface area (Å²) in [6.45, 7) is 10.9. The van der Waals surface area contributed by atoms with E-state index < -0.39 is 0 Å². The Balaban J connectivity index is 0.000000123. The highest BCUT2D eigenvalue weighted by molar-refractivity contribution is 5.70. The molecule has 572 valence electrons. The van der Waals surface area contributed by atoms with Crippen molar-refractivity contribution < 1.29 is 34.3 Å². The van der Waals surface area contributed by atoms with Crippen molar-refractivity contribution in [2.45, 2.75) is 248 Å². The zero-order chi connectivity index (χ0) is 71.8. The van der Waals surface area contributed by atoms with Crippen LogP contribution in [0.2, 0.25) is 0 Å². The molecular weight excluding hydrogens is 1280 g/mol. The summed E-state index contributed by atoms with van der Waals surface area (Å²) in [6, 6.07) is 11.6. The molecule has 7 nitrogen and oxygen atoms in total. The highest BCUT2D eigenvalue weighted by Crippen LogP contribution is 2.67. The molecule has 18 rings (SSSR count). The van der Waals surface area contributed by atoms with E-state index in [1.54, 1.807) is 31.4 Å². The number of hydrogen-bond acceptors (Lipinski definition) is 7. The number of unbranched alkanes of at least 4 members (excludes halogenated alkanes) is 12. The topological polar surface area (TPSA) is 105 Å². The van der Waals surface area contributed by atoms with E-state index >= 15 is 0 Å². The Labute approximate surface area is 632 Å². The Kier molecular flexibility index (Phi) is 30.2. The molecule has 0 radical (unpaired) electrons. The second kappa shape index (κ2) is 39.3. The van der Waals surface area contributed by atoms with Crippen molar-refractivity contribution in [3.8, 4) is 23.0 Å². The highest BCUT2D eigenvalue weighted by atomic mass is 16.6. The van der Waals surface area contributed by atoms with Crippen LogP contribution in [0.1, 0.15) is 246 Å². The van der Waals surface area contributed by atoms with Crippen LogP contribution in [0.5, 0.6) is 23.0 Å². The van der Waals surface area contributed by atoms with E-state index in [-0.39, 0.29) is 32.4 Å². The van der Waals surface area contributed by atoms with Crippen molar-refractivity contribution in [2.24, 2.45) is 142 Å². The second-order valence-corrected chi connectivity index (χ2v) is 35.4. The normalized spacial score (nSPS) is 36.5. The Morgan fingerprint density at radius 2 is 0.865 bits per heavy atom. The third kappa shape index (κ3) is 20.2. The first-order valence-electron chi connectivity index (χ1n) is 42.9. The Morgan fingerprint density at radius 3 is 1.28 bits per heavy atom. The number of carbonyl (C=O) groups is 1. The molecule has 16 aliphatic carbocycles. The molecule has 9 saturated carbocycles. The van der Waals surface area contributed by atoms with Gasteiger partial charge in [0.1, 0.15) is 0 Å². The second-order valence-electron chi connectivity index (χ2n) is 35.4. The number of esters is 1. The van der Waals surface area contributed by atoms with Crippen molar-refractivity contribution in [2.75, 3.05) is 27.4 Å². The fourth-order valence-electron chi connectivity index (χ4n) is 23.7. The summed E-state index contributed by atoms with van der Waals surface area (Å²) in [4.78, 5) is 11.0. The molecular formula is C97H142O7. The molecule has 0 aromatic heterocycles. The van der Waals surface area contributed by atoms with Gasteiger partial charge in [-0.1, -0.05) is 232 Å². The van der Waals surface area contributed by atoms with Crippen LogP contribution >= 0.6 is 0 Å². The minimum Gasteiger partial charge on any atom is -0.504 e. The first-order valence-corrected chi connectivity index (χ1v) is 42.9. The summed E-state index contributed by atoms with van der Waals surface area (Å²) >= 11 is 0. The molecule has 0 amide bonds. The van der Waals surface area contributed by atoms with E-state index in [0.717, 1.165) is 138 Å². The fourth-order valence-corrected chi connectivity index (χ4v) is 23.7. The summed E-state index contributed by atoms with van der Waals surface area (Å²) in [5.74, 6) is 22.0. The van der Waals surface area contributed by atoms with Crippen LogP contribution in [0.15, 0.2) is 145 Å². The van der Waals surface area contributed by atoms with Gasteiger partial charge in [0.15, 0.2) is 23.0 Å². The van der Waals surface area contributed by atoms with Crippen LogP contribution in [0.3, 0.4) is 0 Å². The molecule has 22 unspecified atom stereocenters. The minimum absolute atomic E-state index is 0. The number of fused-ring (bicyclic) bond motifs is 21. The number of allylic oxidation sites excluding steroid dienone is 18. The zero-order valence-electron chi connectivity index (χ0n) is 65.1. The summed E-state index contributed by atoms with van der Waals surface area (Å²) in [5, 5.41) is 27.7. The number of aromatic hydroxyl groups is 1. The summed E-state index contributed by atoms with van der Waals surface area (Å²) < 4.78 is 15.6. The lowest BCUT2D eigenvalue weighted by molar-refractivity contribution is -0.132. The quantitative estimate of drug-likeness (QED) is 0.0299. The Bertz CT molecular complexity index is 3280. The lowest BCUT2D eigenvalue weighted by atomic mass is 9.71. The average molecular weight is 1420 g/mol. The average Bonchev–Trinajstić information content (AvgIpc) is 1.55.